The van der Waals surface area contributed by atoms with E-state index in [1.54, 1.807) is 12.1 Å². The van der Waals surface area contributed by atoms with Crippen LogP contribution in [-0.2, 0) is 16.0 Å². The van der Waals surface area contributed by atoms with E-state index in [1.165, 1.54) is 6.07 Å². The second-order valence-electron chi connectivity index (χ2n) is 4.70. The van der Waals surface area contributed by atoms with Crippen molar-refractivity contribution < 1.29 is 13.9 Å². The zero-order valence-electron chi connectivity index (χ0n) is 10.8. The van der Waals surface area contributed by atoms with Crippen molar-refractivity contribution >= 4 is 21.7 Å². The summed E-state index contributed by atoms with van der Waals surface area (Å²) >= 11 is 3.13. The van der Waals surface area contributed by atoms with Gasteiger partial charge in [0.1, 0.15) is 11.6 Å². The van der Waals surface area contributed by atoms with Gasteiger partial charge in [0.25, 0.3) is 0 Å². The van der Waals surface area contributed by atoms with Gasteiger partial charge in [0.05, 0.1) is 23.6 Å². The van der Waals surface area contributed by atoms with Gasteiger partial charge < -0.3 is 10.1 Å². The third kappa shape index (κ3) is 3.61. The first-order chi connectivity index (χ1) is 9.11. The molecule has 1 aromatic rings. The van der Waals surface area contributed by atoms with E-state index in [0.29, 0.717) is 24.1 Å². The lowest BCUT2D eigenvalue weighted by Gasteiger charge is -2.17. The zero-order valence-corrected chi connectivity index (χ0v) is 12.4. The summed E-state index contributed by atoms with van der Waals surface area (Å²) in [6.45, 7) is 3.88. The quantitative estimate of drug-likeness (QED) is 0.901. The minimum atomic E-state index is -0.314. The van der Waals surface area contributed by atoms with Crippen molar-refractivity contribution in [1.29, 1.82) is 0 Å². The number of carbonyl (C=O) groups excluding carboxylic acids is 1. The van der Waals surface area contributed by atoms with E-state index in [1.807, 2.05) is 6.92 Å². The summed E-state index contributed by atoms with van der Waals surface area (Å²) in [5, 5.41) is 3.27. The van der Waals surface area contributed by atoms with Crippen LogP contribution >= 0.6 is 15.9 Å². The molecule has 0 amide bonds. The molecule has 1 heterocycles. The number of hydrogen-bond acceptors (Lipinski definition) is 3. The molecule has 1 aliphatic heterocycles. The van der Waals surface area contributed by atoms with E-state index in [-0.39, 0.29) is 23.6 Å². The Labute approximate surface area is 120 Å². The molecule has 2 atom stereocenters. The molecule has 19 heavy (non-hydrogen) atoms. The van der Waals surface area contributed by atoms with Crippen LogP contribution in [-0.4, -0.2) is 31.6 Å². The molecule has 1 aliphatic rings. The minimum absolute atomic E-state index is 0.0985. The molecule has 1 N–H and O–H groups in total. The zero-order chi connectivity index (χ0) is 13.8. The first-order valence-corrected chi connectivity index (χ1v) is 7.19. The molecule has 0 aliphatic carbocycles. The molecule has 0 bridgehead atoms. The summed E-state index contributed by atoms with van der Waals surface area (Å²) < 4.78 is 18.9. The highest BCUT2D eigenvalue weighted by Gasteiger charge is 2.32. The van der Waals surface area contributed by atoms with Crippen molar-refractivity contribution in [2.24, 2.45) is 5.92 Å². The molecule has 0 saturated carbocycles. The Hall–Kier alpha value is -0.780. The molecule has 2 rings (SSSR count). The normalized spacial score (nSPS) is 22.7. The largest absolute Gasteiger partial charge is 0.379 e. The number of ether oxygens (including phenoxy) is 1. The molecular formula is C14H17BrFNO2. The Bertz CT molecular complexity index is 467. The average Bonchev–Trinajstić information content (AvgIpc) is 2.83. The predicted molar refractivity (Wildman–Crippen MR) is 74.6 cm³/mol. The van der Waals surface area contributed by atoms with Crippen molar-refractivity contribution in [3.63, 3.8) is 0 Å². The topological polar surface area (TPSA) is 38.3 Å². The van der Waals surface area contributed by atoms with Crippen LogP contribution in [0.15, 0.2) is 22.7 Å². The highest BCUT2D eigenvalue weighted by Crippen LogP contribution is 2.20. The fourth-order valence-electron chi connectivity index (χ4n) is 2.32. The molecule has 0 radical (unpaired) electrons. The third-order valence-electron chi connectivity index (χ3n) is 3.32. The van der Waals surface area contributed by atoms with Gasteiger partial charge in [-0.15, -0.1) is 0 Å². The van der Waals surface area contributed by atoms with E-state index < -0.39 is 0 Å². The lowest BCUT2D eigenvalue weighted by atomic mass is 9.94. The summed E-state index contributed by atoms with van der Waals surface area (Å²) in [5.41, 5.74) is 0.820. The van der Waals surface area contributed by atoms with Crippen LogP contribution in [0.2, 0.25) is 0 Å². The van der Waals surface area contributed by atoms with Gasteiger partial charge in [-0.2, -0.15) is 0 Å². The van der Waals surface area contributed by atoms with E-state index in [9.17, 15) is 9.18 Å². The second-order valence-corrected chi connectivity index (χ2v) is 5.55. The number of nitrogens with one attached hydrogen (secondary N) is 1. The third-order valence-corrected chi connectivity index (χ3v) is 3.93. The number of Topliss-reactive ketones (excluding diaryl/α,β-unsaturated/α-hetero) is 1. The standard InChI is InChI=1S/C14H17BrFNO2/c1-2-17-13-8-19-7-10(13)14(18)6-9-3-4-12(16)11(15)5-9/h3-5,10,13,17H,2,6-8H2,1H3. The van der Waals surface area contributed by atoms with Crippen molar-refractivity contribution in [2.75, 3.05) is 19.8 Å². The molecule has 3 nitrogen and oxygen atoms in total. The maximum atomic E-state index is 13.1. The number of rotatable bonds is 5. The summed E-state index contributed by atoms with van der Waals surface area (Å²) in [5.74, 6) is -0.281. The van der Waals surface area contributed by atoms with Crippen molar-refractivity contribution in [3.05, 3.63) is 34.1 Å². The summed E-state index contributed by atoms with van der Waals surface area (Å²) in [6.07, 6.45) is 0.314. The van der Waals surface area contributed by atoms with Gasteiger partial charge in [0.15, 0.2) is 0 Å². The monoisotopic (exact) mass is 329 g/mol. The number of carbonyl (C=O) groups is 1. The molecule has 104 valence electrons. The van der Waals surface area contributed by atoms with Gasteiger partial charge >= 0.3 is 0 Å². The van der Waals surface area contributed by atoms with Crippen LogP contribution in [0.25, 0.3) is 0 Å². The van der Waals surface area contributed by atoms with Crippen LogP contribution < -0.4 is 5.32 Å². The lowest BCUT2D eigenvalue weighted by Crippen LogP contribution is -2.39. The Morgan fingerprint density at radius 3 is 3.00 bits per heavy atom. The van der Waals surface area contributed by atoms with Gasteiger partial charge in [0.2, 0.25) is 0 Å². The first kappa shape index (κ1) is 14.6. The van der Waals surface area contributed by atoms with E-state index in [2.05, 4.69) is 21.2 Å². The lowest BCUT2D eigenvalue weighted by molar-refractivity contribution is -0.122. The summed E-state index contributed by atoms with van der Waals surface area (Å²) in [7, 11) is 0. The van der Waals surface area contributed by atoms with Crippen LogP contribution in [0, 0.1) is 11.7 Å². The smallest absolute Gasteiger partial charge is 0.144 e. The Morgan fingerprint density at radius 2 is 2.32 bits per heavy atom. The van der Waals surface area contributed by atoms with Crippen molar-refractivity contribution in [2.45, 2.75) is 19.4 Å². The maximum Gasteiger partial charge on any atom is 0.144 e. The predicted octanol–water partition coefficient (Wildman–Crippen LogP) is 2.32. The van der Waals surface area contributed by atoms with Gasteiger partial charge in [0, 0.05) is 12.5 Å². The van der Waals surface area contributed by atoms with Crippen LogP contribution in [0.3, 0.4) is 0 Å². The highest BCUT2D eigenvalue weighted by atomic mass is 79.9. The fraction of sp³-hybridized carbons (Fsp3) is 0.500. The number of ketones is 1. The minimum Gasteiger partial charge on any atom is -0.379 e. The Morgan fingerprint density at radius 1 is 1.53 bits per heavy atom. The van der Waals surface area contributed by atoms with Gasteiger partial charge in [-0.3, -0.25) is 4.79 Å². The number of halogens is 2. The van der Waals surface area contributed by atoms with Gasteiger partial charge in [-0.25, -0.2) is 4.39 Å². The molecule has 0 spiro atoms. The van der Waals surface area contributed by atoms with Gasteiger partial charge in [-0.05, 0) is 40.2 Å². The second kappa shape index (κ2) is 6.59. The average molecular weight is 330 g/mol. The highest BCUT2D eigenvalue weighted by molar-refractivity contribution is 9.10. The van der Waals surface area contributed by atoms with Crippen molar-refractivity contribution in [1.82, 2.24) is 5.32 Å². The molecule has 1 saturated heterocycles. The maximum absolute atomic E-state index is 13.1. The van der Waals surface area contributed by atoms with Crippen LogP contribution in [0.5, 0.6) is 0 Å². The molecule has 0 aromatic heterocycles. The summed E-state index contributed by atoms with van der Waals surface area (Å²) in [6, 6.07) is 4.78. The fourth-order valence-corrected chi connectivity index (χ4v) is 2.74. The van der Waals surface area contributed by atoms with Crippen molar-refractivity contribution in [3.8, 4) is 0 Å². The van der Waals surface area contributed by atoms with E-state index in [4.69, 9.17) is 4.74 Å². The number of benzene rings is 1. The van der Waals surface area contributed by atoms with Gasteiger partial charge in [-0.1, -0.05) is 13.0 Å². The molecule has 2 unspecified atom stereocenters. The van der Waals surface area contributed by atoms with E-state index >= 15 is 0 Å². The molecule has 1 aromatic carbocycles. The van der Waals surface area contributed by atoms with Crippen LogP contribution in [0.1, 0.15) is 12.5 Å². The summed E-state index contributed by atoms with van der Waals surface area (Å²) in [4.78, 5) is 12.3. The van der Waals surface area contributed by atoms with E-state index in [0.717, 1.165) is 12.1 Å². The SMILES string of the molecule is CCNC1COCC1C(=O)Cc1ccc(F)c(Br)c1. The number of hydrogen-bond donors (Lipinski definition) is 1. The Kier molecular flexibility index (Phi) is 5.07. The number of likely N-dealkylation sites (N-methyl/N-ethyl adjacent to an activating group) is 1. The Balaban J connectivity index is 2.02. The molecule has 5 heteroatoms. The van der Waals surface area contributed by atoms with Crippen LogP contribution in [0.4, 0.5) is 4.39 Å². The molecule has 1 fully saturated rings. The first-order valence-electron chi connectivity index (χ1n) is 6.39. The molecular weight excluding hydrogens is 313 g/mol.